The molecule has 0 saturated carbocycles. The quantitative estimate of drug-likeness (QED) is 0.856. The van der Waals surface area contributed by atoms with Crippen molar-refractivity contribution in [2.24, 2.45) is 0 Å². The van der Waals surface area contributed by atoms with Crippen molar-refractivity contribution in [2.45, 2.75) is 52.2 Å². The third-order valence-corrected chi connectivity index (χ3v) is 4.22. The first-order valence-electron chi connectivity index (χ1n) is 7.78. The number of quaternary nitrogens is 1. The Hall–Kier alpha value is -1.06. The van der Waals surface area contributed by atoms with Gasteiger partial charge in [-0.05, 0) is 63.3 Å². The summed E-state index contributed by atoms with van der Waals surface area (Å²) in [7, 11) is 0. The second-order valence-electron chi connectivity index (χ2n) is 6.30. The third kappa shape index (κ3) is 4.50. The van der Waals surface area contributed by atoms with Gasteiger partial charge in [0.05, 0.1) is 12.6 Å². The number of nitrogens with one attached hydrogen (secondary N) is 1. The molecule has 2 rings (SSSR count). The molecule has 1 aromatic rings. The predicted molar refractivity (Wildman–Crippen MR) is 81.4 cm³/mol. The van der Waals surface area contributed by atoms with E-state index in [1.807, 2.05) is 12.1 Å². The zero-order valence-corrected chi connectivity index (χ0v) is 13.0. The van der Waals surface area contributed by atoms with Crippen molar-refractivity contribution >= 4 is 0 Å². The molecule has 1 unspecified atom stereocenters. The number of benzene rings is 1. The van der Waals surface area contributed by atoms with Crippen molar-refractivity contribution < 1.29 is 14.7 Å². The normalized spacial score (nSPS) is 24.4. The largest absolute Gasteiger partial charge is 0.491 e. The number of aryl methyl sites for hydroxylation is 2. The molecule has 3 atom stereocenters. The Morgan fingerprint density at radius 2 is 1.95 bits per heavy atom. The van der Waals surface area contributed by atoms with E-state index in [1.54, 1.807) is 0 Å². The predicted octanol–water partition coefficient (Wildman–Crippen LogP) is 1.50. The highest BCUT2D eigenvalue weighted by molar-refractivity contribution is 5.32. The number of likely N-dealkylation sites (tertiary alicyclic amines) is 1. The summed E-state index contributed by atoms with van der Waals surface area (Å²) < 4.78 is 5.74. The van der Waals surface area contributed by atoms with Crippen LogP contribution in [0.2, 0.25) is 0 Å². The van der Waals surface area contributed by atoms with E-state index in [0.717, 1.165) is 12.3 Å². The molecule has 2 N–H and O–H groups in total. The first-order valence-corrected chi connectivity index (χ1v) is 7.78. The summed E-state index contributed by atoms with van der Waals surface area (Å²) in [5, 5.41) is 10.2. The highest BCUT2D eigenvalue weighted by Gasteiger charge is 2.24. The number of ether oxygens (including phenoxy) is 1. The lowest BCUT2D eigenvalue weighted by Crippen LogP contribution is -3.17. The molecule has 1 aromatic carbocycles. The number of aliphatic hydroxyl groups excluding tert-OH is 1. The molecule has 0 spiro atoms. The Labute approximate surface area is 122 Å². The maximum Gasteiger partial charge on any atom is 0.137 e. The van der Waals surface area contributed by atoms with Crippen LogP contribution in [0.3, 0.4) is 0 Å². The fraction of sp³-hybridized carbons (Fsp3) is 0.647. The van der Waals surface area contributed by atoms with Gasteiger partial charge in [-0.2, -0.15) is 0 Å². The van der Waals surface area contributed by atoms with Gasteiger partial charge >= 0.3 is 0 Å². The van der Waals surface area contributed by atoms with Gasteiger partial charge in [0.2, 0.25) is 0 Å². The Morgan fingerprint density at radius 1 is 1.25 bits per heavy atom. The Morgan fingerprint density at radius 3 is 2.60 bits per heavy atom. The number of hydrogen-bond donors (Lipinski definition) is 2. The van der Waals surface area contributed by atoms with E-state index in [9.17, 15) is 5.11 Å². The molecule has 1 heterocycles. The van der Waals surface area contributed by atoms with Gasteiger partial charge in [0.1, 0.15) is 25.0 Å². The second-order valence-corrected chi connectivity index (χ2v) is 6.30. The lowest BCUT2D eigenvalue weighted by atomic mass is 10.0. The summed E-state index contributed by atoms with van der Waals surface area (Å²) in [6.45, 7) is 8.78. The lowest BCUT2D eigenvalue weighted by molar-refractivity contribution is -0.931. The molecule has 20 heavy (non-hydrogen) atoms. The summed E-state index contributed by atoms with van der Waals surface area (Å²) in [6, 6.07) is 6.84. The molecule has 0 aliphatic carbocycles. The number of hydrogen-bond acceptors (Lipinski definition) is 2. The van der Waals surface area contributed by atoms with E-state index < -0.39 is 0 Å². The van der Waals surface area contributed by atoms with Crippen LogP contribution in [0.1, 0.15) is 37.3 Å². The molecule has 0 bridgehead atoms. The van der Waals surface area contributed by atoms with Gasteiger partial charge in [-0.15, -0.1) is 0 Å². The molecule has 3 nitrogen and oxygen atoms in total. The van der Waals surface area contributed by atoms with Crippen LogP contribution in [0.4, 0.5) is 0 Å². The van der Waals surface area contributed by atoms with Crippen LogP contribution in [-0.2, 0) is 0 Å². The molecule has 1 saturated heterocycles. The van der Waals surface area contributed by atoms with Crippen molar-refractivity contribution in [3.05, 3.63) is 29.3 Å². The zero-order valence-electron chi connectivity index (χ0n) is 13.0. The number of piperidine rings is 1. The topological polar surface area (TPSA) is 33.9 Å². The van der Waals surface area contributed by atoms with Crippen molar-refractivity contribution in [3.8, 4) is 5.75 Å². The van der Waals surface area contributed by atoms with E-state index in [0.29, 0.717) is 12.6 Å². The molecular formula is C17H28NO2+. The van der Waals surface area contributed by atoms with Crippen LogP contribution < -0.4 is 9.64 Å². The Kier molecular flexibility index (Phi) is 5.44. The fourth-order valence-electron chi connectivity index (χ4n) is 3.13. The number of aliphatic hydroxyl groups is 1. The monoisotopic (exact) mass is 278 g/mol. The van der Waals surface area contributed by atoms with Gasteiger partial charge in [-0.25, -0.2) is 0 Å². The van der Waals surface area contributed by atoms with E-state index in [1.165, 1.54) is 41.8 Å². The second kappa shape index (κ2) is 7.09. The minimum Gasteiger partial charge on any atom is -0.491 e. The summed E-state index contributed by atoms with van der Waals surface area (Å²) in [5.74, 6) is 0.864. The SMILES string of the molecule is Cc1cc(C)cc(OC[C@H](O)C[NH+]2CCCC[C@@H]2C)c1. The maximum atomic E-state index is 10.2. The van der Waals surface area contributed by atoms with Gasteiger partial charge in [-0.3, -0.25) is 0 Å². The van der Waals surface area contributed by atoms with Gasteiger partial charge in [0.25, 0.3) is 0 Å². The minimum absolute atomic E-state index is 0.383. The van der Waals surface area contributed by atoms with Crippen molar-refractivity contribution in [3.63, 3.8) is 0 Å². The summed E-state index contributed by atoms with van der Waals surface area (Å²) in [4.78, 5) is 1.52. The standard InChI is InChI=1S/C17H27NO2/c1-13-8-14(2)10-17(9-13)20-12-16(19)11-18-7-5-4-6-15(18)3/h8-10,15-16,19H,4-7,11-12H2,1-3H3/p+1/t15-,16+/m0/s1. The Bertz CT molecular complexity index is 413. The molecule has 112 valence electrons. The highest BCUT2D eigenvalue weighted by Crippen LogP contribution is 2.16. The summed E-state index contributed by atoms with van der Waals surface area (Å²) in [6.07, 6.45) is 3.51. The fourth-order valence-corrected chi connectivity index (χ4v) is 3.13. The number of rotatable bonds is 5. The average Bonchev–Trinajstić information content (AvgIpc) is 2.38. The molecule has 1 fully saturated rings. The van der Waals surface area contributed by atoms with Crippen molar-refractivity contribution in [1.29, 1.82) is 0 Å². The van der Waals surface area contributed by atoms with Crippen LogP contribution in [0.15, 0.2) is 18.2 Å². The highest BCUT2D eigenvalue weighted by atomic mass is 16.5. The first kappa shape index (κ1) is 15.3. The zero-order chi connectivity index (χ0) is 14.5. The van der Waals surface area contributed by atoms with Crippen LogP contribution in [-0.4, -0.2) is 36.9 Å². The third-order valence-electron chi connectivity index (χ3n) is 4.22. The van der Waals surface area contributed by atoms with E-state index in [2.05, 4.69) is 26.8 Å². The summed E-state index contributed by atoms with van der Waals surface area (Å²) >= 11 is 0. The van der Waals surface area contributed by atoms with Gasteiger partial charge < -0.3 is 14.7 Å². The van der Waals surface area contributed by atoms with Crippen molar-refractivity contribution in [2.75, 3.05) is 19.7 Å². The molecule has 0 amide bonds. The minimum atomic E-state index is -0.383. The van der Waals surface area contributed by atoms with Gasteiger partial charge in [-0.1, -0.05) is 6.07 Å². The van der Waals surface area contributed by atoms with E-state index >= 15 is 0 Å². The average molecular weight is 278 g/mol. The molecular weight excluding hydrogens is 250 g/mol. The van der Waals surface area contributed by atoms with E-state index in [4.69, 9.17) is 4.74 Å². The van der Waals surface area contributed by atoms with E-state index in [-0.39, 0.29) is 6.10 Å². The molecule has 0 radical (unpaired) electrons. The van der Waals surface area contributed by atoms with Crippen LogP contribution in [0.25, 0.3) is 0 Å². The molecule has 0 aromatic heterocycles. The van der Waals surface area contributed by atoms with Crippen LogP contribution in [0.5, 0.6) is 5.75 Å². The van der Waals surface area contributed by atoms with Crippen LogP contribution >= 0.6 is 0 Å². The maximum absolute atomic E-state index is 10.2. The summed E-state index contributed by atoms with van der Waals surface area (Å²) in [5.41, 5.74) is 2.40. The van der Waals surface area contributed by atoms with Crippen LogP contribution in [0, 0.1) is 13.8 Å². The molecule has 1 aliphatic rings. The van der Waals surface area contributed by atoms with Crippen molar-refractivity contribution in [1.82, 2.24) is 0 Å². The molecule has 3 heteroatoms. The van der Waals surface area contributed by atoms with Gasteiger partial charge in [0.15, 0.2) is 0 Å². The first-order chi connectivity index (χ1) is 9.54. The Balaban J connectivity index is 1.80. The molecule has 1 aliphatic heterocycles. The lowest BCUT2D eigenvalue weighted by Gasteiger charge is -2.31. The van der Waals surface area contributed by atoms with Gasteiger partial charge in [0, 0.05) is 0 Å². The smallest absolute Gasteiger partial charge is 0.137 e.